The molecule has 0 unspecified atom stereocenters. The average Bonchev–Trinajstić information content (AvgIpc) is 2.60. The largest absolute Gasteiger partial charge is 0.494 e. The molecule has 0 saturated carbocycles. The molecule has 0 fully saturated rings. The second-order valence-corrected chi connectivity index (χ2v) is 5.04. The highest BCUT2D eigenvalue weighted by molar-refractivity contribution is 5.85. The normalized spacial score (nSPS) is 13.6. The van der Waals surface area contributed by atoms with E-state index in [0.717, 1.165) is 34.6 Å². The van der Waals surface area contributed by atoms with Crippen LogP contribution in [0, 0.1) is 0 Å². The van der Waals surface area contributed by atoms with E-state index in [4.69, 9.17) is 14.5 Å². The maximum Gasteiger partial charge on any atom is 0.230 e. The van der Waals surface area contributed by atoms with Gasteiger partial charge in [0.2, 0.25) is 5.95 Å². The Morgan fingerprint density at radius 1 is 1.14 bits per heavy atom. The van der Waals surface area contributed by atoms with Gasteiger partial charge in [-0.1, -0.05) is 24.3 Å². The van der Waals surface area contributed by atoms with Crippen molar-refractivity contribution in [2.75, 3.05) is 25.2 Å². The number of aromatic nitrogens is 2. The summed E-state index contributed by atoms with van der Waals surface area (Å²) < 4.78 is 11.1. The van der Waals surface area contributed by atoms with Crippen molar-refractivity contribution < 1.29 is 9.47 Å². The van der Waals surface area contributed by atoms with Gasteiger partial charge in [-0.15, -0.1) is 0 Å². The van der Waals surface area contributed by atoms with Gasteiger partial charge in [0.1, 0.15) is 23.6 Å². The number of fused-ring (bicyclic) bond motifs is 2. The van der Waals surface area contributed by atoms with Crippen molar-refractivity contribution in [3.8, 4) is 11.5 Å². The van der Waals surface area contributed by atoms with Crippen LogP contribution < -0.4 is 14.4 Å². The van der Waals surface area contributed by atoms with Crippen LogP contribution in [0.3, 0.4) is 0 Å². The first kappa shape index (κ1) is 12.9. The second kappa shape index (κ2) is 5.18. The molecule has 5 nitrogen and oxygen atoms in total. The molecule has 0 bridgehead atoms. The summed E-state index contributed by atoms with van der Waals surface area (Å²) in [6.07, 6.45) is 1.83. The summed E-state index contributed by atoms with van der Waals surface area (Å²) in [6, 6.07) is 13.8. The topological polar surface area (TPSA) is 47.5 Å². The average molecular weight is 293 g/mol. The molecule has 0 aliphatic carbocycles. The molecule has 0 atom stereocenters. The fraction of sp³-hybridized carbons (Fsp3) is 0.176. The number of rotatable bonds is 2. The summed E-state index contributed by atoms with van der Waals surface area (Å²) >= 11 is 0. The summed E-state index contributed by atoms with van der Waals surface area (Å²) in [5.41, 5.74) is 1.81. The number of methoxy groups -OCH3 is 1. The van der Waals surface area contributed by atoms with Crippen molar-refractivity contribution in [2.45, 2.75) is 0 Å². The Balaban J connectivity index is 1.85. The Hall–Kier alpha value is -2.82. The zero-order chi connectivity index (χ0) is 14.9. The van der Waals surface area contributed by atoms with Crippen molar-refractivity contribution in [3.63, 3.8) is 0 Å². The minimum atomic E-state index is 0.615. The molecular weight excluding hydrogens is 278 g/mol. The molecule has 2 aromatic carbocycles. The first-order valence-corrected chi connectivity index (χ1v) is 7.16. The van der Waals surface area contributed by atoms with Crippen molar-refractivity contribution >= 4 is 22.5 Å². The van der Waals surface area contributed by atoms with E-state index in [9.17, 15) is 0 Å². The van der Waals surface area contributed by atoms with E-state index in [1.165, 1.54) is 0 Å². The molecule has 1 aromatic heterocycles. The maximum atomic E-state index is 5.69. The molecule has 22 heavy (non-hydrogen) atoms. The van der Waals surface area contributed by atoms with Crippen LogP contribution in [-0.4, -0.2) is 30.2 Å². The number of hydrogen-bond acceptors (Lipinski definition) is 5. The fourth-order valence-electron chi connectivity index (χ4n) is 2.69. The number of ether oxygens (including phenoxy) is 2. The molecule has 110 valence electrons. The monoisotopic (exact) mass is 293 g/mol. The minimum Gasteiger partial charge on any atom is -0.494 e. The Kier molecular flexibility index (Phi) is 3.04. The van der Waals surface area contributed by atoms with Gasteiger partial charge in [-0.2, -0.15) is 0 Å². The van der Waals surface area contributed by atoms with Gasteiger partial charge in [0.05, 0.1) is 19.3 Å². The maximum absolute atomic E-state index is 5.69. The second-order valence-electron chi connectivity index (χ2n) is 5.04. The minimum absolute atomic E-state index is 0.615. The number of para-hydroxylation sites is 3. The van der Waals surface area contributed by atoms with E-state index < -0.39 is 0 Å². The molecule has 1 aliphatic rings. The SMILES string of the molecule is COc1cccc2cnc(N3CCOc4ccccc43)nc12. The lowest BCUT2D eigenvalue weighted by molar-refractivity contribution is 0.313. The van der Waals surface area contributed by atoms with Gasteiger partial charge < -0.3 is 14.4 Å². The Bertz CT molecular complexity index is 835. The first-order chi connectivity index (χ1) is 10.9. The summed E-state index contributed by atoms with van der Waals surface area (Å²) in [6.45, 7) is 1.34. The highest BCUT2D eigenvalue weighted by Gasteiger charge is 2.21. The molecule has 0 N–H and O–H groups in total. The number of hydrogen-bond donors (Lipinski definition) is 0. The van der Waals surface area contributed by atoms with Crippen LogP contribution in [0.1, 0.15) is 0 Å². The molecule has 4 rings (SSSR count). The summed E-state index contributed by atoms with van der Waals surface area (Å²) in [5, 5.41) is 0.963. The molecule has 3 aromatic rings. The van der Waals surface area contributed by atoms with Crippen LogP contribution >= 0.6 is 0 Å². The molecule has 0 radical (unpaired) electrons. The van der Waals surface area contributed by atoms with Crippen molar-refractivity contribution in [3.05, 3.63) is 48.7 Å². The van der Waals surface area contributed by atoms with E-state index in [1.807, 2.05) is 48.7 Å². The van der Waals surface area contributed by atoms with E-state index in [-0.39, 0.29) is 0 Å². The lowest BCUT2D eigenvalue weighted by atomic mass is 10.2. The fourth-order valence-corrected chi connectivity index (χ4v) is 2.69. The molecular formula is C17H15N3O2. The zero-order valence-electron chi connectivity index (χ0n) is 12.2. The standard InChI is InChI=1S/C17H15N3O2/c1-21-15-8-4-5-12-11-18-17(19-16(12)15)20-9-10-22-14-7-3-2-6-13(14)20/h2-8,11H,9-10H2,1H3. The summed E-state index contributed by atoms with van der Waals surface area (Å²) in [5.74, 6) is 2.27. The predicted octanol–water partition coefficient (Wildman–Crippen LogP) is 3.17. The van der Waals surface area contributed by atoms with Crippen LogP contribution in [0.5, 0.6) is 11.5 Å². The van der Waals surface area contributed by atoms with E-state index >= 15 is 0 Å². The highest BCUT2D eigenvalue weighted by Crippen LogP contribution is 2.35. The van der Waals surface area contributed by atoms with Gasteiger partial charge in [-0.05, 0) is 18.2 Å². The zero-order valence-corrected chi connectivity index (χ0v) is 12.2. The van der Waals surface area contributed by atoms with Gasteiger partial charge in [-0.3, -0.25) is 0 Å². The quantitative estimate of drug-likeness (QED) is 0.726. The molecule has 1 aliphatic heterocycles. The van der Waals surface area contributed by atoms with Crippen molar-refractivity contribution in [1.82, 2.24) is 9.97 Å². The van der Waals surface area contributed by atoms with Gasteiger partial charge in [0.25, 0.3) is 0 Å². The Morgan fingerprint density at radius 2 is 2.05 bits per heavy atom. The molecule has 5 heteroatoms. The Labute approximate surface area is 128 Å². The van der Waals surface area contributed by atoms with E-state index in [0.29, 0.717) is 12.6 Å². The van der Waals surface area contributed by atoms with Gasteiger partial charge in [0.15, 0.2) is 0 Å². The van der Waals surface area contributed by atoms with Gasteiger partial charge in [0, 0.05) is 11.6 Å². The van der Waals surface area contributed by atoms with Crippen molar-refractivity contribution in [2.24, 2.45) is 0 Å². The molecule has 0 amide bonds. The third-order valence-electron chi connectivity index (χ3n) is 3.75. The number of nitrogens with zero attached hydrogens (tertiary/aromatic N) is 3. The lowest BCUT2D eigenvalue weighted by Gasteiger charge is -2.29. The van der Waals surface area contributed by atoms with E-state index in [2.05, 4.69) is 9.88 Å². The van der Waals surface area contributed by atoms with Crippen LogP contribution in [-0.2, 0) is 0 Å². The smallest absolute Gasteiger partial charge is 0.230 e. The third kappa shape index (κ3) is 2.02. The van der Waals surface area contributed by atoms with Crippen LogP contribution in [0.25, 0.3) is 10.9 Å². The first-order valence-electron chi connectivity index (χ1n) is 7.16. The summed E-state index contributed by atoms with van der Waals surface area (Å²) in [4.78, 5) is 11.3. The van der Waals surface area contributed by atoms with Gasteiger partial charge >= 0.3 is 0 Å². The van der Waals surface area contributed by atoms with Gasteiger partial charge in [-0.25, -0.2) is 9.97 Å². The Morgan fingerprint density at radius 3 is 2.95 bits per heavy atom. The molecule has 0 spiro atoms. The van der Waals surface area contributed by atoms with Crippen LogP contribution in [0.4, 0.5) is 11.6 Å². The third-order valence-corrected chi connectivity index (χ3v) is 3.75. The number of benzene rings is 2. The lowest BCUT2D eigenvalue weighted by Crippen LogP contribution is -2.29. The van der Waals surface area contributed by atoms with E-state index in [1.54, 1.807) is 7.11 Å². The van der Waals surface area contributed by atoms with Crippen LogP contribution in [0.15, 0.2) is 48.7 Å². The molecule has 0 saturated heterocycles. The van der Waals surface area contributed by atoms with Crippen molar-refractivity contribution in [1.29, 1.82) is 0 Å². The number of anilines is 2. The van der Waals surface area contributed by atoms with Crippen LogP contribution in [0.2, 0.25) is 0 Å². The molecule has 2 heterocycles. The predicted molar refractivity (Wildman–Crippen MR) is 85.0 cm³/mol. The summed E-state index contributed by atoms with van der Waals surface area (Å²) in [7, 11) is 1.65. The highest BCUT2D eigenvalue weighted by atomic mass is 16.5.